The highest BCUT2D eigenvalue weighted by Crippen LogP contribution is 2.42. The van der Waals surface area contributed by atoms with Crippen LogP contribution in [0.5, 0.6) is 5.75 Å². The van der Waals surface area contributed by atoms with Crippen LogP contribution in [0.4, 0.5) is 5.69 Å². The molecule has 2 bridgehead atoms. The number of hydrogen-bond acceptors (Lipinski definition) is 6. The van der Waals surface area contributed by atoms with E-state index in [0.717, 1.165) is 30.6 Å². The average molecular weight is 287 g/mol. The molecule has 7 nitrogen and oxygen atoms in total. The fourth-order valence-electron chi connectivity index (χ4n) is 3.32. The summed E-state index contributed by atoms with van der Waals surface area (Å²) in [6, 6.07) is 5.70. The Balaban J connectivity index is 1.75. The number of fused-ring (bicyclic) bond motifs is 2. The van der Waals surface area contributed by atoms with Gasteiger partial charge >= 0.3 is 0 Å². The summed E-state index contributed by atoms with van der Waals surface area (Å²) >= 11 is 0. The number of nitrogens with two attached hydrogens (primary N) is 1. The van der Waals surface area contributed by atoms with Crippen LogP contribution in [0, 0.1) is 0 Å². The molecule has 2 fully saturated rings. The minimum Gasteiger partial charge on any atom is -0.497 e. The Labute approximate surface area is 122 Å². The number of nitrogen functional groups attached to an aromatic ring is 1. The van der Waals surface area contributed by atoms with E-state index in [9.17, 15) is 0 Å². The molecule has 0 radical (unpaired) electrons. The molecule has 110 valence electrons. The van der Waals surface area contributed by atoms with Crippen molar-refractivity contribution in [3.05, 3.63) is 18.2 Å². The van der Waals surface area contributed by atoms with Crippen molar-refractivity contribution in [2.24, 2.45) is 0 Å². The van der Waals surface area contributed by atoms with Gasteiger partial charge < -0.3 is 15.2 Å². The van der Waals surface area contributed by atoms with Gasteiger partial charge in [-0.25, -0.2) is 4.68 Å². The Morgan fingerprint density at radius 1 is 1.38 bits per heavy atom. The number of methoxy groups -OCH3 is 1. The zero-order valence-electron chi connectivity index (χ0n) is 11.8. The first kappa shape index (κ1) is 12.6. The molecule has 2 aliphatic heterocycles. The number of tetrazole rings is 1. The summed E-state index contributed by atoms with van der Waals surface area (Å²) in [5.74, 6) is 1.41. The van der Waals surface area contributed by atoms with E-state index in [1.807, 2.05) is 22.9 Å². The maximum atomic E-state index is 6.08. The van der Waals surface area contributed by atoms with E-state index in [1.54, 1.807) is 7.11 Å². The molecule has 3 atom stereocenters. The van der Waals surface area contributed by atoms with Gasteiger partial charge in [0.15, 0.2) is 5.82 Å². The van der Waals surface area contributed by atoms with E-state index >= 15 is 0 Å². The zero-order valence-corrected chi connectivity index (χ0v) is 11.8. The van der Waals surface area contributed by atoms with Gasteiger partial charge in [-0.1, -0.05) is 0 Å². The van der Waals surface area contributed by atoms with Crippen LogP contribution in [0.2, 0.25) is 0 Å². The molecule has 0 saturated carbocycles. The van der Waals surface area contributed by atoms with Gasteiger partial charge in [0, 0.05) is 11.3 Å². The third kappa shape index (κ3) is 1.96. The van der Waals surface area contributed by atoms with E-state index in [1.165, 1.54) is 0 Å². The SMILES string of the molecule is COc1ccc(N)c(-c2nnnn2C2CC3CCC2O3)c1. The molecular formula is C14H17N5O2. The van der Waals surface area contributed by atoms with Crippen molar-refractivity contribution in [3.63, 3.8) is 0 Å². The molecule has 2 saturated heterocycles. The molecule has 0 amide bonds. The molecular weight excluding hydrogens is 270 g/mol. The number of nitrogens with zero attached hydrogens (tertiary/aromatic N) is 4. The van der Waals surface area contributed by atoms with Crippen LogP contribution in [-0.4, -0.2) is 39.5 Å². The minimum absolute atomic E-state index is 0.194. The third-order valence-corrected chi connectivity index (χ3v) is 4.38. The van der Waals surface area contributed by atoms with Crippen molar-refractivity contribution in [1.29, 1.82) is 0 Å². The summed E-state index contributed by atoms with van der Waals surface area (Å²) in [5, 5.41) is 12.2. The summed E-state index contributed by atoms with van der Waals surface area (Å²) in [6.45, 7) is 0. The zero-order chi connectivity index (χ0) is 14.4. The van der Waals surface area contributed by atoms with E-state index in [-0.39, 0.29) is 12.1 Å². The molecule has 1 aromatic carbocycles. The van der Waals surface area contributed by atoms with Gasteiger partial charge in [0.25, 0.3) is 0 Å². The highest BCUT2D eigenvalue weighted by Gasteiger charge is 2.43. The van der Waals surface area contributed by atoms with Gasteiger partial charge in [0.05, 0.1) is 25.4 Å². The predicted molar refractivity (Wildman–Crippen MR) is 75.8 cm³/mol. The van der Waals surface area contributed by atoms with Crippen molar-refractivity contribution in [2.45, 2.75) is 37.5 Å². The van der Waals surface area contributed by atoms with Gasteiger partial charge in [-0.2, -0.15) is 0 Å². The second-order valence-electron chi connectivity index (χ2n) is 5.58. The van der Waals surface area contributed by atoms with Crippen molar-refractivity contribution >= 4 is 5.69 Å². The molecule has 7 heteroatoms. The molecule has 21 heavy (non-hydrogen) atoms. The van der Waals surface area contributed by atoms with Crippen LogP contribution >= 0.6 is 0 Å². The molecule has 1 aromatic heterocycles. The lowest BCUT2D eigenvalue weighted by molar-refractivity contribution is 0.0922. The number of ether oxygens (including phenoxy) is 2. The highest BCUT2D eigenvalue weighted by atomic mass is 16.5. The topological polar surface area (TPSA) is 88.1 Å². The van der Waals surface area contributed by atoms with Gasteiger partial charge in [0.1, 0.15) is 5.75 Å². The van der Waals surface area contributed by atoms with E-state index in [2.05, 4.69) is 15.5 Å². The van der Waals surface area contributed by atoms with Crippen LogP contribution in [0.15, 0.2) is 18.2 Å². The van der Waals surface area contributed by atoms with Crippen LogP contribution in [-0.2, 0) is 4.74 Å². The monoisotopic (exact) mass is 287 g/mol. The maximum Gasteiger partial charge on any atom is 0.184 e. The van der Waals surface area contributed by atoms with E-state index in [0.29, 0.717) is 17.6 Å². The molecule has 2 aliphatic rings. The first-order valence-corrected chi connectivity index (χ1v) is 7.13. The Kier molecular flexibility index (Phi) is 2.81. The summed E-state index contributed by atoms with van der Waals surface area (Å²) in [6.07, 6.45) is 3.73. The largest absolute Gasteiger partial charge is 0.497 e. The molecule has 0 aliphatic carbocycles. The summed E-state index contributed by atoms with van der Waals surface area (Å²) < 4.78 is 13.0. The summed E-state index contributed by atoms with van der Waals surface area (Å²) in [4.78, 5) is 0. The van der Waals surface area contributed by atoms with Crippen LogP contribution in [0.25, 0.3) is 11.4 Å². The predicted octanol–water partition coefficient (Wildman–Crippen LogP) is 1.42. The van der Waals surface area contributed by atoms with Crippen LogP contribution < -0.4 is 10.5 Å². The lowest BCUT2D eigenvalue weighted by Gasteiger charge is -2.20. The van der Waals surface area contributed by atoms with Gasteiger partial charge in [-0.3, -0.25) is 0 Å². The van der Waals surface area contributed by atoms with Gasteiger partial charge in [0.2, 0.25) is 0 Å². The Morgan fingerprint density at radius 2 is 2.29 bits per heavy atom. The molecule has 0 spiro atoms. The molecule has 2 aromatic rings. The first-order valence-electron chi connectivity index (χ1n) is 7.13. The molecule has 4 rings (SSSR count). The van der Waals surface area contributed by atoms with Crippen LogP contribution in [0.3, 0.4) is 0 Å². The van der Waals surface area contributed by atoms with Crippen LogP contribution in [0.1, 0.15) is 25.3 Å². The van der Waals surface area contributed by atoms with E-state index < -0.39 is 0 Å². The number of benzene rings is 1. The van der Waals surface area contributed by atoms with Crippen molar-refractivity contribution < 1.29 is 9.47 Å². The number of anilines is 1. The summed E-state index contributed by atoms with van der Waals surface area (Å²) in [5.41, 5.74) is 7.51. The molecule has 3 unspecified atom stereocenters. The van der Waals surface area contributed by atoms with Crippen molar-refractivity contribution in [2.75, 3.05) is 12.8 Å². The normalized spacial score (nSPS) is 27.2. The second kappa shape index (κ2) is 4.70. The fourth-order valence-corrected chi connectivity index (χ4v) is 3.32. The molecule has 3 heterocycles. The highest BCUT2D eigenvalue weighted by molar-refractivity contribution is 5.73. The number of aromatic nitrogens is 4. The number of hydrogen-bond donors (Lipinski definition) is 1. The first-order chi connectivity index (χ1) is 10.3. The fraction of sp³-hybridized carbons (Fsp3) is 0.500. The average Bonchev–Trinajstić information content (AvgIpc) is 3.23. The third-order valence-electron chi connectivity index (χ3n) is 4.38. The van der Waals surface area contributed by atoms with E-state index in [4.69, 9.17) is 15.2 Å². The minimum atomic E-state index is 0.194. The quantitative estimate of drug-likeness (QED) is 0.859. The lowest BCUT2D eigenvalue weighted by Crippen LogP contribution is -2.23. The standard InChI is InChI=1S/C14H17N5O2/c1-20-8-2-4-11(15)10(6-8)14-16-17-18-19(14)12-7-9-3-5-13(12)21-9/h2,4,6,9,12-13H,3,5,7,15H2,1H3. The van der Waals surface area contributed by atoms with Crippen molar-refractivity contribution in [3.8, 4) is 17.1 Å². The van der Waals surface area contributed by atoms with Gasteiger partial charge in [-0.15, -0.1) is 5.10 Å². The number of rotatable bonds is 3. The maximum absolute atomic E-state index is 6.08. The Bertz CT molecular complexity index is 671. The smallest absolute Gasteiger partial charge is 0.184 e. The summed E-state index contributed by atoms with van der Waals surface area (Å²) in [7, 11) is 1.63. The Hall–Kier alpha value is -2.15. The Morgan fingerprint density at radius 3 is 3.00 bits per heavy atom. The second-order valence-corrected chi connectivity index (χ2v) is 5.58. The van der Waals surface area contributed by atoms with Gasteiger partial charge in [-0.05, 0) is 47.9 Å². The lowest BCUT2D eigenvalue weighted by atomic mass is 9.95. The van der Waals surface area contributed by atoms with Crippen molar-refractivity contribution in [1.82, 2.24) is 20.2 Å². The molecule has 2 N–H and O–H groups in total.